The first kappa shape index (κ1) is 22.3. The molecule has 0 unspecified atom stereocenters. The van der Waals surface area contributed by atoms with Crippen LogP contribution in [0.4, 0.5) is 0 Å². The second kappa shape index (κ2) is 13.1. The molecule has 2 heterocycles. The zero-order valence-corrected chi connectivity index (χ0v) is 17.9. The van der Waals surface area contributed by atoms with Gasteiger partial charge in [-0.05, 0) is 36.6 Å². The van der Waals surface area contributed by atoms with Crippen LogP contribution in [0.3, 0.4) is 0 Å². The van der Waals surface area contributed by atoms with Crippen molar-refractivity contribution in [2.45, 2.75) is 33.0 Å². The van der Waals surface area contributed by atoms with E-state index in [1.807, 2.05) is 12.1 Å². The fourth-order valence-corrected chi connectivity index (χ4v) is 3.23. The molecule has 0 spiro atoms. The Bertz CT molecular complexity index is 725. The third kappa shape index (κ3) is 8.18. The Morgan fingerprint density at radius 2 is 1.90 bits per heavy atom. The van der Waals surface area contributed by atoms with Crippen LogP contribution >= 0.6 is 0 Å². The van der Waals surface area contributed by atoms with Gasteiger partial charge in [0.15, 0.2) is 5.96 Å². The molecule has 1 aliphatic heterocycles. The number of hydrogen-bond donors (Lipinski definition) is 2. The van der Waals surface area contributed by atoms with Crippen LogP contribution < -0.4 is 10.6 Å². The molecule has 0 saturated carbocycles. The van der Waals surface area contributed by atoms with Gasteiger partial charge in [0, 0.05) is 39.3 Å². The number of aliphatic imine (C=N–C) groups is 1. The molecule has 0 bridgehead atoms. The van der Waals surface area contributed by atoms with Crippen molar-refractivity contribution in [3.63, 3.8) is 0 Å². The van der Waals surface area contributed by atoms with Crippen molar-refractivity contribution in [3.8, 4) is 0 Å². The quantitative estimate of drug-likeness (QED) is 0.335. The highest BCUT2D eigenvalue weighted by molar-refractivity contribution is 5.79. The zero-order chi connectivity index (χ0) is 20.9. The van der Waals surface area contributed by atoms with Crippen LogP contribution in [0.2, 0.25) is 0 Å². The fourth-order valence-electron chi connectivity index (χ4n) is 3.23. The van der Waals surface area contributed by atoms with Crippen LogP contribution in [0.5, 0.6) is 0 Å². The molecule has 30 heavy (non-hydrogen) atoms. The first-order valence-corrected chi connectivity index (χ1v) is 10.8. The lowest BCUT2D eigenvalue weighted by atomic mass is 10.1. The van der Waals surface area contributed by atoms with Crippen molar-refractivity contribution < 1.29 is 13.9 Å². The van der Waals surface area contributed by atoms with Gasteiger partial charge in [-0.15, -0.1) is 0 Å². The standard InChI is InChI=1S/C23H34N4O3/c1-2-24-23(25-10-4-13-29-19-22-5-3-14-30-22)26-17-20-6-8-21(9-7-20)18-27-11-15-28-16-12-27/h3,5-9,14H,2,4,10-13,15-19H2,1H3,(H2,24,25,26). The van der Waals surface area contributed by atoms with E-state index in [-0.39, 0.29) is 0 Å². The van der Waals surface area contributed by atoms with E-state index in [1.165, 1.54) is 11.1 Å². The van der Waals surface area contributed by atoms with Gasteiger partial charge in [0.1, 0.15) is 12.4 Å². The maximum Gasteiger partial charge on any atom is 0.191 e. The number of rotatable bonds is 11. The minimum atomic E-state index is 0.517. The van der Waals surface area contributed by atoms with Gasteiger partial charge in [-0.25, -0.2) is 4.99 Å². The second-order valence-corrected chi connectivity index (χ2v) is 7.31. The summed E-state index contributed by atoms with van der Waals surface area (Å²) in [7, 11) is 0. The Balaban J connectivity index is 1.36. The number of nitrogens with one attached hydrogen (secondary N) is 2. The normalized spacial score (nSPS) is 15.3. The van der Waals surface area contributed by atoms with E-state index in [0.29, 0.717) is 19.8 Å². The number of hydrogen-bond acceptors (Lipinski definition) is 5. The Labute approximate surface area is 179 Å². The summed E-state index contributed by atoms with van der Waals surface area (Å²) in [6.45, 7) is 10.2. The molecular weight excluding hydrogens is 380 g/mol. The Morgan fingerprint density at radius 1 is 1.10 bits per heavy atom. The zero-order valence-electron chi connectivity index (χ0n) is 17.9. The largest absolute Gasteiger partial charge is 0.467 e. The summed E-state index contributed by atoms with van der Waals surface area (Å²) in [6, 6.07) is 12.5. The molecule has 3 rings (SSSR count). The van der Waals surface area contributed by atoms with Crippen LogP contribution in [-0.2, 0) is 29.2 Å². The van der Waals surface area contributed by atoms with Gasteiger partial charge in [-0.3, -0.25) is 4.90 Å². The molecule has 1 saturated heterocycles. The van der Waals surface area contributed by atoms with Crippen LogP contribution in [0.15, 0.2) is 52.1 Å². The molecule has 1 aromatic heterocycles. The van der Waals surface area contributed by atoms with E-state index in [1.54, 1.807) is 6.26 Å². The van der Waals surface area contributed by atoms with Crippen molar-refractivity contribution >= 4 is 5.96 Å². The van der Waals surface area contributed by atoms with Crippen molar-refractivity contribution in [1.82, 2.24) is 15.5 Å². The summed E-state index contributed by atoms with van der Waals surface area (Å²) >= 11 is 0. The molecule has 0 amide bonds. The van der Waals surface area contributed by atoms with Crippen molar-refractivity contribution in [1.29, 1.82) is 0 Å². The first-order chi connectivity index (χ1) is 14.8. The number of guanidine groups is 1. The Kier molecular flexibility index (Phi) is 9.72. The number of benzene rings is 1. The van der Waals surface area contributed by atoms with Gasteiger partial charge in [0.2, 0.25) is 0 Å². The van der Waals surface area contributed by atoms with Crippen molar-refractivity contribution in [2.75, 3.05) is 46.0 Å². The third-order valence-corrected chi connectivity index (χ3v) is 4.88. The molecule has 164 valence electrons. The van der Waals surface area contributed by atoms with Crippen molar-refractivity contribution in [3.05, 3.63) is 59.5 Å². The number of nitrogens with zero attached hydrogens (tertiary/aromatic N) is 2. The molecule has 2 aromatic rings. The summed E-state index contributed by atoms with van der Waals surface area (Å²) in [5, 5.41) is 6.66. The van der Waals surface area contributed by atoms with Crippen molar-refractivity contribution in [2.24, 2.45) is 4.99 Å². The smallest absolute Gasteiger partial charge is 0.191 e. The lowest BCUT2D eigenvalue weighted by Crippen LogP contribution is -2.38. The molecule has 2 N–H and O–H groups in total. The van der Waals surface area contributed by atoms with Gasteiger partial charge in [-0.1, -0.05) is 24.3 Å². The van der Waals surface area contributed by atoms with Gasteiger partial charge in [0.25, 0.3) is 0 Å². The van der Waals surface area contributed by atoms with E-state index in [4.69, 9.17) is 18.9 Å². The molecule has 1 fully saturated rings. The third-order valence-electron chi connectivity index (χ3n) is 4.88. The van der Waals surface area contributed by atoms with Crippen LogP contribution in [-0.4, -0.2) is 56.9 Å². The summed E-state index contributed by atoms with van der Waals surface area (Å²) in [4.78, 5) is 7.13. The molecular formula is C23H34N4O3. The fraction of sp³-hybridized carbons (Fsp3) is 0.522. The maximum atomic E-state index is 5.61. The molecule has 1 aromatic carbocycles. The topological polar surface area (TPSA) is 71.3 Å². The minimum absolute atomic E-state index is 0.517. The van der Waals surface area contributed by atoms with Gasteiger partial charge in [-0.2, -0.15) is 0 Å². The van der Waals surface area contributed by atoms with E-state index >= 15 is 0 Å². The Hall–Kier alpha value is -2.35. The molecule has 1 aliphatic rings. The average molecular weight is 415 g/mol. The predicted octanol–water partition coefficient (Wildman–Crippen LogP) is 2.77. The average Bonchev–Trinajstić information content (AvgIpc) is 3.30. The van der Waals surface area contributed by atoms with Crippen LogP contribution in [0.25, 0.3) is 0 Å². The summed E-state index contributed by atoms with van der Waals surface area (Å²) in [5.74, 6) is 1.69. The van der Waals surface area contributed by atoms with E-state index in [2.05, 4.69) is 46.7 Å². The first-order valence-electron chi connectivity index (χ1n) is 10.8. The highest BCUT2D eigenvalue weighted by Crippen LogP contribution is 2.10. The van der Waals surface area contributed by atoms with Gasteiger partial charge >= 0.3 is 0 Å². The minimum Gasteiger partial charge on any atom is -0.467 e. The molecule has 7 heteroatoms. The molecule has 0 radical (unpaired) electrons. The predicted molar refractivity (Wildman–Crippen MR) is 118 cm³/mol. The lowest BCUT2D eigenvalue weighted by molar-refractivity contribution is 0.0342. The van der Waals surface area contributed by atoms with E-state index in [9.17, 15) is 0 Å². The second-order valence-electron chi connectivity index (χ2n) is 7.31. The maximum absolute atomic E-state index is 5.61. The molecule has 0 aliphatic carbocycles. The van der Waals surface area contributed by atoms with Crippen LogP contribution in [0.1, 0.15) is 30.2 Å². The number of furan rings is 1. The summed E-state index contributed by atoms with van der Waals surface area (Å²) in [5.41, 5.74) is 2.55. The molecule has 0 atom stereocenters. The SMILES string of the molecule is CCNC(=NCc1ccc(CN2CCOCC2)cc1)NCCCOCc1ccco1. The Morgan fingerprint density at radius 3 is 2.63 bits per heavy atom. The lowest BCUT2D eigenvalue weighted by Gasteiger charge is -2.26. The number of ether oxygens (including phenoxy) is 2. The van der Waals surface area contributed by atoms with Crippen LogP contribution in [0, 0.1) is 0 Å². The summed E-state index contributed by atoms with van der Waals surface area (Å²) in [6.07, 6.45) is 2.57. The highest BCUT2D eigenvalue weighted by atomic mass is 16.5. The van der Waals surface area contributed by atoms with E-state index < -0.39 is 0 Å². The number of morpholine rings is 1. The monoisotopic (exact) mass is 414 g/mol. The van der Waals surface area contributed by atoms with Gasteiger partial charge in [0.05, 0.1) is 26.0 Å². The molecule has 7 nitrogen and oxygen atoms in total. The van der Waals surface area contributed by atoms with Gasteiger partial charge < -0.3 is 24.5 Å². The van der Waals surface area contributed by atoms with E-state index in [0.717, 1.165) is 64.1 Å². The summed E-state index contributed by atoms with van der Waals surface area (Å²) < 4.78 is 16.3. The highest BCUT2D eigenvalue weighted by Gasteiger charge is 2.10.